The number of amides is 1. The molecular weight excluding hydrogens is 452 g/mol. The van der Waals surface area contributed by atoms with E-state index in [2.05, 4.69) is 26.1 Å². The maximum atomic E-state index is 12.3. The van der Waals surface area contributed by atoms with Crippen molar-refractivity contribution in [1.29, 1.82) is 0 Å². The summed E-state index contributed by atoms with van der Waals surface area (Å²) >= 11 is 0. The minimum absolute atomic E-state index is 0.0248. The van der Waals surface area contributed by atoms with Gasteiger partial charge < -0.3 is 20.4 Å². The minimum atomic E-state index is -1.29. The number of aliphatic hydroxyl groups excluding tert-OH is 3. The van der Waals surface area contributed by atoms with Gasteiger partial charge >= 0.3 is 5.97 Å². The number of nitrogens with zero attached hydrogens (tertiary/aromatic N) is 2. The van der Waals surface area contributed by atoms with Gasteiger partial charge in [0.1, 0.15) is 6.54 Å². The van der Waals surface area contributed by atoms with Crippen molar-refractivity contribution < 1.29 is 30.0 Å². The Hall–Kier alpha value is -1.58. The van der Waals surface area contributed by atoms with Crippen LogP contribution in [0.3, 0.4) is 0 Å². The lowest BCUT2D eigenvalue weighted by atomic mass is 9.43. The van der Waals surface area contributed by atoms with Crippen LogP contribution in [0.2, 0.25) is 0 Å². The topological polar surface area (TPSA) is 148 Å². The quantitative estimate of drug-likeness (QED) is 0.314. The highest BCUT2D eigenvalue weighted by Gasteiger charge is 2.65. The number of carboxylic acid groups (broad SMARTS) is 1. The van der Waals surface area contributed by atoms with Crippen LogP contribution >= 0.6 is 0 Å². The van der Waals surface area contributed by atoms with Crippen molar-refractivity contribution in [2.45, 2.75) is 96.9 Å². The van der Waals surface area contributed by atoms with Crippen molar-refractivity contribution >= 4 is 11.9 Å². The Morgan fingerprint density at radius 2 is 1.77 bits per heavy atom. The molecule has 11 atom stereocenters. The molecule has 4 fully saturated rings. The van der Waals surface area contributed by atoms with E-state index >= 15 is 0 Å². The van der Waals surface area contributed by atoms with E-state index in [4.69, 9.17) is 5.11 Å². The Balaban J connectivity index is 1.49. The Bertz CT molecular complexity index is 839. The number of nitroso groups, excluding NO2 is 1. The van der Waals surface area contributed by atoms with Crippen LogP contribution in [0.25, 0.3) is 0 Å². The second kappa shape index (κ2) is 9.71. The summed E-state index contributed by atoms with van der Waals surface area (Å²) in [6, 6.07) is 0. The molecule has 9 heteroatoms. The van der Waals surface area contributed by atoms with Gasteiger partial charge in [0.25, 0.3) is 0 Å². The first-order valence-electron chi connectivity index (χ1n) is 13.3. The molecule has 0 bridgehead atoms. The summed E-state index contributed by atoms with van der Waals surface area (Å²) < 4.78 is 0. The zero-order chi connectivity index (χ0) is 25.7. The molecule has 4 aliphatic carbocycles. The van der Waals surface area contributed by atoms with Gasteiger partial charge in [-0.2, -0.15) is 5.01 Å². The van der Waals surface area contributed by atoms with Gasteiger partial charge in [0.2, 0.25) is 5.91 Å². The van der Waals surface area contributed by atoms with Crippen LogP contribution in [0.4, 0.5) is 0 Å². The molecule has 0 radical (unpaired) electrons. The van der Waals surface area contributed by atoms with Crippen molar-refractivity contribution in [2.75, 3.05) is 6.54 Å². The van der Waals surface area contributed by atoms with Crippen LogP contribution in [-0.4, -0.2) is 62.2 Å². The second-order valence-electron chi connectivity index (χ2n) is 12.5. The highest BCUT2D eigenvalue weighted by atomic mass is 16.4. The normalized spacial score (nSPS) is 45.5. The number of rotatable bonds is 7. The fourth-order valence-corrected chi connectivity index (χ4v) is 9.10. The number of fused-ring (bicyclic) bond motifs is 5. The molecule has 4 N–H and O–H groups in total. The average molecular weight is 495 g/mol. The molecular formula is C26H42N2O7. The van der Waals surface area contributed by atoms with Gasteiger partial charge in [-0.1, -0.05) is 20.8 Å². The fraction of sp³-hybridized carbons (Fsp3) is 0.923. The third-order valence-electron chi connectivity index (χ3n) is 11.0. The Kier molecular flexibility index (Phi) is 7.34. The average Bonchev–Trinajstić information content (AvgIpc) is 3.16. The van der Waals surface area contributed by atoms with E-state index in [1.165, 1.54) is 0 Å². The van der Waals surface area contributed by atoms with Crippen LogP contribution in [0, 0.1) is 51.2 Å². The lowest BCUT2D eigenvalue weighted by Gasteiger charge is -2.63. The van der Waals surface area contributed by atoms with Gasteiger partial charge in [-0.25, -0.2) is 0 Å². The summed E-state index contributed by atoms with van der Waals surface area (Å²) in [5.74, 6) is -0.794. The Morgan fingerprint density at radius 1 is 1.06 bits per heavy atom. The predicted octanol–water partition coefficient (Wildman–Crippen LogP) is 2.96. The molecule has 4 saturated carbocycles. The molecule has 0 aromatic carbocycles. The number of carbonyl (C=O) groups excluding carboxylic acids is 1. The molecule has 4 rings (SSSR count). The van der Waals surface area contributed by atoms with Crippen LogP contribution < -0.4 is 0 Å². The summed E-state index contributed by atoms with van der Waals surface area (Å²) in [7, 11) is 0. The number of aliphatic hydroxyl groups is 3. The van der Waals surface area contributed by atoms with Crippen molar-refractivity contribution in [3.63, 3.8) is 0 Å². The van der Waals surface area contributed by atoms with Crippen LogP contribution in [0.1, 0.15) is 78.6 Å². The molecule has 0 spiro atoms. The second-order valence-corrected chi connectivity index (χ2v) is 12.5. The van der Waals surface area contributed by atoms with Crippen LogP contribution in [0.15, 0.2) is 5.29 Å². The molecule has 9 nitrogen and oxygen atoms in total. The molecule has 0 aromatic heterocycles. The summed E-state index contributed by atoms with van der Waals surface area (Å²) in [4.78, 5) is 34.1. The zero-order valence-corrected chi connectivity index (χ0v) is 21.2. The fourth-order valence-electron chi connectivity index (χ4n) is 9.10. The number of carbonyl (C=O) groups is 2. The van der Waals surface area contributed by atoms with E-state index in [-0.39, 0.29) is 58.9 Å². The first-order chi connectivity index (χ1) is 16.4. The van der Waals surface area contributed by atoms with E-state index < -0.39 is 30.6 Å². The van der Waals surface area contributed by atoms with Crippen LogP contribution in [0.5, 0.6) is 0 Å². The van der Waals surface area contributed by atoms with E-state index in [1.54, 1.807) is 0 Å². The third kappa shape index (κ3) is 4.42. The minimum Gasteiger partial charge on any atom is -0.480 e. The smallest absolute Gasteiger partial charge is 0.325 e. The van der Waals surface area contributed by atoms with Crippen LogP contribution in [-0.2, 0) is 9.59 Å². The highest BCUT2D eigenvalue weighted by molar-refractivity contribution is 5.80. The Morgan fingerprint density at radius 3 is 2.43 bits per heavy atom. The van der Waals surface area contributed by atoms with Gasteiger partial charge in [0.05, 0.1) is 23.6 Å². The number of aliphatic carboxylic acids is 1. The summed E-state index contributed by atoms with van der Waals surface area (Å²) in [5.41, 5.74) is -0.345. The molecule has 0 aliphatic heterocycles. The summed E-state index contributed by atoms with van der Waals surface area (Å²) in [5, 5.41) is 45.1. The predicted molar refractivity (Wildman–Crippen MR) is 128 cm³/mol. The number of hydrogen-bond donors (Lipinski definition) is 4. The molecule has 35 heavy (non-hydrogen) atoms. The van der Waals surface area contributed by atoms with E-state index in [0.717, 1.165) is 32.1 Å². The van der Waals surface area contributed by atoms with E-state index in [9.17, 15) is 29.8 Å². The molecule has 1 amide bonds. The molecule has 198 valence electrons. The van der Waals surface area contributed by atoms with Crippen molar-refractivity contribution in [3.05, 3.63) is 4.91 Å². The number of carboxylic acids is 1. The number of hydrogen-bond acceptors (Lipinski definition) is 7. The van der Waals surface area contributed by atoms with Crippen molar-refractivity contribution in [1.82, 2.24) is 5.01 Å². The maximum absolute atomic E-state index is 12.3. The first-order valence-corrected chi connectivity index (χ1v) is 13.3. The summed E-state index contributed by atoms with van der Waals surface area (Å²) in [6.45, 7) is 5.80. The van der Waals surface area contributed by atoms with Crippen molar-refractivity contribution in [3.8, 4) is 0 Å². The Labute approximate surface area is 207 Å². The van der Waals surface area contributed by atoms with E-state index in [0.29, 0.717) is 24.3 Å². The third-order valence-corrected chi connectivity index (χ3v) is 11.0. The monoisotopic (exact) mass is 494 g/mol. The largest absolute Gasteiger partial charge is 0.480 e. The lowest BCUT2D eigenvalue weighted by molar-refractivity contribution is -0.207. The first kappa shape index (κ1) is 26.5. The van der Waals surface area contributed by atoms with Gasteiger partial charge in [-0.05, 0) is 97.7 Å². The van der Waals surface area contributed by atoms with Gasteiger partial charge in [-0.15, -0.1) is 4.91 Å². The standard InChI is InChI=1S/C26H42N2O7/c1-14(4-7-22(32)28(27-35)13-23(33)34)17-5-6-18-24-19(12-21(31)26(17,18)3)25(2)9-8-16(29)10-15(25)11-20(24)30/h14-21,24,29-31H,4-13H2,1-3H3,(H,33,34)/t14-,15?,16-,17-,18+,19+,20-,21+,24+,25+,26-/m1/s1. The molecule has 4 aliphatic rings. The van der Waals surface area contributed by atoms with Gasteiger partial charge in [-0.3, -0.25) is 9.59 Å². The van der Waals surface area contributed by atoms with E-state index in [1.807, 2.05) is 0 Å². The SMILES string of the molecule is C[C@H](CCC(=O)N(CC(=O)O)N=O)[C@H]1CC[C@H]2[C@@H]3[C@H](O)CC4C[C@H](O)CC[C@]4(C)[C@H]3C[C@H](O)[C@]12C. The highest BCUT2D eigenvalue weighted by Crippen LogP contribution is 2.68. The van der Waals surface area contributed by atoms with Gasteiger partial charge in [0.15, 0.2) is 0 Å². The zero-order valence-electron chi connectivity index (χ0n) is 21.2. The van der Waals surface area contributed by atoms with Gasteiger partial charge in [0, 0.05) is 6.42 Å². The summed E-state index contributed by atoms with van der Waals surface area (Å²) in [6.07, 6.45) is 4.94. The maximum Gasteiger partial charge on any atom is 0.325 e. The van der Waals surface area contributed by atoms with Crippen molar-refractivity contribution in [2.24, 2.45) is 51.6 Å². The lowest BCUT2D eigenvalue weighted by Crippen LogP contribution is -2.62. The molecule has 0 saturated heterocycles. The molecule has 1 unspecified atom stereocenters. The molecule has 0 aromatic rings. The molecule has 0 heterocycles.